The predicted octanol–water partition coefficient (Wildman–Crippen LogP) is 2.37. The molecule has 0 atom stereocenters. The Hall–Kier alpha value is -2.68. The number of benzene rings is 1. The molecule has 0 spiro atoms. The van der Waals surface area contributed by atoms with Crippen molar-refractivity contribution in [3.05, 3.63) is 51.8 Å². The summed E-state index contributed by atoms with van der Waals surface area (Å²) in [5, 5.41) is 10.6. The maximum atomic E-state index is 14.0. The van der Waals surface area contributed by atoms with Crippen LogP contribution < -0.4 is 10.6 Å². The lowest BCUT2D eigenvalue weighted by atomic mass is 10.2. The summed E-state index contributed by atoms with van der Waals surface area (Å²) in [6.07, 6.45) is 0. The van der Waals surface area contributed by atoms with E-state index in [1.165, 1.54) is 6.07 Å². The second-order valence-corrected chi connectivity index (χ2v) is 5.59. The van der Waals surface area contributed by atoms with Gasteiger partial charge in [0.25, 0.3) is 0 Å². The zero-order valence-corrected chi connectivity index (χ0v) is 12.7. The molecule has 0 aliphatic carbocycles. The van der Waals surface area contributed by atoms with Crippen molar-refractivity contribution in [2.75, 3.05) is 36.8 Å². The van der Waals surface area contributed by atoms with Gasteiger partial charge in [0.1, 0.15) is 16.4 Å². The second-order valence-electron chi connectivity index (χ2n) is 5.59. The Morgan fingerprint density at radius 1 is 1.17 bits per heavy atom. The number of nitro groups is 1. The smallest absolute Gasteiger partial charge is 0.404 e. The van der Waals surface area contributed by atoms with Crippen LogP contribution in [0.5, 0.6) is 0 Å². The first-order chi connectivity index (χ1) is 11.4. The first-order valence-corrected chi connectivity index (χ1v) is 7.39. The molecular formula is C15H16F2N4O3. The van der Waals surface area contributed by atoms with E-state index in [1.54, 1.807) is 11.0 Å². The Labute approximate surface area is 136 Å². The van der Waals surface area contributed by atoms with Gasteiger partial charge in [0, 0.05) is 31.9 Å². The molecule has 0 radical (unpaired) electrons. The van der Waals surface area contributed by atoms with Crippen molar-refractivity contribution in [1.82, 2.24) is 4.90 Å². The number of anilines is 2. The van der Waals surface area contributed by atoms with E-state index in [1.807, 2.05) is 4.90 Å². The van der Waals surface area contributed by atoms with Crippen molar-refractivity contribution in [3.63, 3.8) is 0 Å². The highest BCUT2D eigenvalue weighted by Gasteiger charge is 2.24. The van der Waals surface area contributed by atoms with Crippen LogP contribution >= 0.6 is 0 Å². The lowest BCUT2D eigenvalue weighted by Crippen LogP contribution is -2.46. The van der Waals surface area contributed by atoms with Gasteiger partial charge in [-0.05, 0) is 18.2 Å². The number of nitrogens with zero attached hydrogens (tertiary/aromatic N) is 3. The number of hydrogen-bond donors (Lipinski definition) is 1. The summed E-state index contributed by atoms with van der Waals surface area (Å²) in [6, 6.07) is 5.08. The number of nitrogen functional groups attached to an aromatic ring is 1. The molecule has 3 rings (SSSR count). The summed E-state index contributed by atoms with van der Waals surface area (Å²) in [7, 11) is 0. The molecule has 1 fully saturated rings. The summed E-state index contributed by atoms with van der Waals surface area (Å²) >= 11 is 0. The molecule has 2 N–H and O–H groups in total. The van der Waals surface area contributed by atoms with E-state index in [9.17, 15) is 18.9 Å². The maximum Gasteiger partial charge on any atom is 0.433 e. The number of nitrogens with two attached hydrogens (primary N) is 1. The van der Waals surface area contributed by atoms with Crippen molar-refractivity contribution in [2.45, 2.75) is 6.54 Å². The summed E-state index contributed by atoms with van der Waals surface area (Å²) in [5.74, 6) is -1.17. The second kappa shape index (κ2) is 6.44. The van der Waals surface area contributed by atoms with Gasteiger partial charge in [-0.25, -0.2) is 8.78 Å². The van der Waals surface area contributed by atoms with Gasteiger partial charge >= 0.3 is 5.88 Å². The Bertz CT molecular complexity index is 734. The fourth-order valence-electron chi connectivity index (χ4n) is 2.79. The minimum Gasteiger partial charge on any atom is -0.404 e. The van der Waals surface area contributed by atoms with Crippen LogP contribution in [0.1, 0.15) is 5.76 Å². The quantitative estimate of drug-likeness (QED) is 0.523. The molecule has 2 aromatic rings. The molecule has 0 saturated carbocycles. The van der Waals surface area contributed by atoms with Gasteiger partial charge in [-0.1, -0.05) is 0 Å². The van der Waals surface area contributed by atoms with Crippen LogP contribution in [-0.2, 0) is 6.54 Å². The lowest BCUT2D eigenvalue weighted by molar-refractivity contribution is -0.402. The highest BCUT2D eigenvalue weighted by Crippen LogP contribution is 2.27. The van der Waals surface area contributed by atoms with Crippen molar-refractivity contribution in [2.24, 2.45) is 0 Å². The van der Waals surface area contributed by atoms with Crippen molar-refractivity contribution >= 4 is 17.3 Å². The molecule has 2 heterocycles. The Morgan fingerprint density at radius 2 is 1.79 bits per heavy atom. The van der Waals surface area contributed by atoms with E-state index in [2.05, 4.69) is 0 Å². The fraction of sp³-hybridized carbons (Fsp3) is 0.333. The number of piperazine rings is 1. The van der Waals surface area contributed by atoms with Gasteiger partial charge in [-0.15, -0.1) is 0 Å². The minimum absolute atomic E-state index is 0.0480. The van der Waals surface area contributed by atoms with E-state index >= 15 is 0 Å². The van der Waals surface area contributed by atoms with E-state index in [0.717, 1.165) is 12.1 Å². The Kier molecular flexibility index (Phi) is 4.34. The number of hydrogen-bond acceptors (Lipinski definition) is 6. The highest BCUT2D eigenvalue weighted by atomic mass is 19.1. The first kappa shape index (κ1) is 16.2. The largest absolute Gasteiger partial charge is 0.433 e. The third kappa shape index (κ3) is 3.30. The van der Waals surface area contributed by atoms with Gasteiger partial charge in [0.05, 0.1) is 12.6 Å². The van der Waals surface area contributed by atoms with Gasteiger partial charge in [0.15, 0.2) is 11.6 Å². The molecule has 1 aliphatic heterocycles. The van der Waals surface area contributed by atoms with E-state index in [4.69, 9.17) is 10.2 Å². The molecule has 0 unspecified atom stereocenters. The molecule has 1 aromatic carbocycles. The van der Waals surface area contributed by atoms with Crippen LogP contribution in [0.4, 0.5) is 26.0 Å². The standard InChI is InChI=1S/C15H16F2N4O3/c16-12-7-10(18)8-13(17)15(12)20-5-3-19(4-6-20)9-11-1-2-14(24-11)21(22)23/h1-2,7-8H,3-6,9,18H2. The SMILES string of the molecule is Nc1cc(F)c(N2CCN(Cc3ccc([N+](=O)[O-])o3)CC2)c(F)c1. The predicted molar refractivity (Wildman–Crippen MR) is 83.6 cm³/mol. The van der Waals surface area contributed by atoms with Crippen LogP contribution in [0.25, 0.3) is 0 Å². The molecule has 1 aliphatic rings. The van der Waals surface area contributed by atoms with Gasteiger partial charge in [0.2, 0.25) is 0 Å². The van der Waals surface area contributed by atoms with Crippen LogP contribution in [0, 0.1) is 21.7 Å². The Balaban J connectivity index is 1.62. The normalized spacial score (nSPS) is 15.7. The summed E-state index contributed by atoms with van der Waals surface area (Å²) < 4.78 is 33.1. The third-order valence-corrected chi connectivity index (χ3v) is 3.93. The number of furan rings is 1. The molecule has 1 saturated heterocycles. The summed E-state index contributed by atoms with van der Waals surface area (Å²) in [4.78, 5) is 13.7. The van der Waals surface area contributed by atoms with Crippen molar-refractivity contribution < 1.29 is 18.1 Å². The van der Waals surface area contributed by atoms with E-state index < -0.39 is 16.6 Å². The van der Waals surface area contributed by atoms with Crippen molar-refractivity contribution in [3.8, 4) is 0 Å². The summed E-state index contributed by atoms with van der Waals surface area (Å²) in [5.41, 5.74) is 5.40. The van der Waals surface area contributed by atoms with Crippen LogP contribution in [0.2, 0.25) is 0 Å². The van der Waals surface area contributed by atoms with Crippen LogP contribution in [0.3, 0.4) is 0 Å². The van der Waals surface area contributed by atoms with Crippen molar-refractivity contribution in [1.29, 1.82) is 0 Å². The van der Waals surface area contributed by atoms with E-state index in [-0.39, 0.29) is 17.3 Å². The lowest BCUT2D eigenvalue weighted by Gasteiger charge is -2.35. The topological polar surface area (TPSA) is 88.8 Å². The monoisotopic (exact) mass is 338 g/mol. The Morgan fingerprint density at radius 3 is 2.33 bits per heavy atom. The zero-order valence-electron chi connectivity index (χ0n) is 12.7. The third-order valence-electron chi connectivity index (χ3n) is 3.93. The molecular weight excluding hydrogens is 322 g/mol. The molecule has 0 bridgehead atoms. The van der Waals surface area contributed by atoms with Gasteiger partial charge < -0.3 is 15.1 Å². The maximum absolute atomic E-state index is 14.0. The molecule has 1 aromatic heterocycles. The molecule has 9 heteroatoms. The minimum atomic E-state index is -0.678. The molecule has 128 valence electrons. The number of halogens is 2. The fourth-order valence-corrected chi connectivity index (χ4v) is 2.79. The zero-order chi connectivity index (χ0) is 17.3. The van der Waals surface area contributed by atoms with Gasteiger partial charge in [-0.2, -0.15) is 0 Å². The molecule has 7 nitrogen and oxygen atoms in total. The van der Waals surface area contributed by atoms with E-state index in [0.29, 0.717) is 38.5 Å². The number of rotatable bonds is 4. The van der Waals surface area contributed by atoms with Crippen LogP contribution in [0.15, 0.2) is 28.7 Å². The van der Waals surface area contributed by atoms with Gasteiger partial charge in [-0.3, -0.25) is 15.0 Å². The summed E-state index contributed by atoms with van der Waals surface area (Å²) in [6.45, 7) is 2.38. The first-order valence-electron chi connectivity index (χ1n) is 7.39. The average molecular weight is 338 g/mol. The van der Waals surface area contributed by atoms with Crippen LogP contribution in [-0.4, -0.2) is 36.0 Å². The average Bonchev–Trinajstić information content (AvgIpc) is 2.97. The molecule has 0 amide bonds. The highest BCUT2D eigenvalue weighted by molar-refractivity contribution is 5.56. The molecule has 24 heavy (non-hydrogen) atoms.